The number of hydrogen-bond donors (Lipinski definition) is 0. The van der Waals surface area contributed by atoms with Crippen molar-refractivity contribution in [2.45, 2.75) is 19.3 Å². The highest BCUT2D eigenvalue weighted by Crippen LogP contribution is 2.64. The minimum atomic E-state index is -0.404. The van der Waals surface area contributed by atoms with Gasteiger partial charge >= 0.3 is 0 Å². The summed E-state index contributed by atoms with van der Waals surface area (Å²) >= 11 is 0. The van der Waals surface area contributed by atoms with E-state index >= 15 is 0 Å². The molecule has 0 amide bonds. The summed E-state index contributed by atoms with van der Waals surface area (Å²) < 4.78 is 0. The molecule has 2 aliphatic rings. The molecule has 37 heavy (non-hydrogen) atoms. The first-order valence-corrected chi connectivity index (χ1v) is 13.0. The predicted octanol–water partition coefficient (Wildman–Crippen LogP) is 9.66. The van der Waals surface area contributed by atoms with Gasteiger partial charge in [0, 0.05) is 0 Å². The van der Waals surface area contributed by atoms with E-state index in [0.29, 0.717) is 0 Å². The Morgan fingerprint density at radius 1 is 0.649 bits per heavy atom. The van der Waals surface area contributed by atoms with Gasteiger partial charge in [0.2, 0.25) is 0 Å². The van der Waals surface area contributed by atoms with E-state index in [1.54, 1.807) is 0 Å². The smallest absolute Gasteiger partial charge is 0.0731 e. The number of benzene rings is 5. The van der Waals surface area contributed by atoms with Crippen molar-refractivity contribution in [3.05, 3.63) is 161 Å². The van der Waals surface area contributed by atoms with Crippen molar-refractivity contribution in [2.75, 3.05) is 0 Å². The third-order valence-electron chi connectivity index (χ3n) is 8.32. The van der Waals surface area contributed by atoms with Crippen LogP contribution in [0, 0.1) is 6.92 Å². The van der Waals surface area contributed by atoms with Crippen molar-refractivity contribution >= 4 is 16.3 Å². The zero-order valence-corrected chi connectivity index (χ0v) is 21.3. The van der Waals surface area contributed by atoms with Gasteiger partial charge in [0.1, 0.15) is 0 Å². The van der Waals surface area contributed by atoms with Crippen LogP contribution < -0.4 is 0 Å². The van der Waals surface area contributed by atoms with Gasteiger partial charge in [-0.1, -0.05) is 128 Å². The third kappa shape index (κ3) is 2.73. The molecule has 0 heterocycles. The molecule has 7 rings (SSSR count). The summed E-state index contributed by atoms with van der Waals surface area (Å²) in [5.41, 5.74) is 14.1. The SMILES string of the molecule is C=CC1=C(/C=C\C)C2(c3ccccc31)c1ccccc1-c1cccc(-c3c(C)ccc4ccccc34)c12. The zero-order valence-electron chi connectivity index (χ0n) is 21.3. The molecule has 0 nitrogen and oxygen atoms in total. The average Bonchev–Trinajstić information content (AvgIpc) is 3.40. The molecular weight excluding hydrogens is 444 g/mol. The van der Waals surface area contributed by atoms with Gasteiger partial charge in [-0.2, -0.15) is 0 Å². The summed E-state index contributed by atoms with van der Waals surface area (Å²) in [5.74, 6) is 0. The van der Waals surface area contributed by atoms with E-state index in [0.717, 1.165) is 0 Å². The Hall–Kier alpha value is -4.42. The second-order valence-corrected chi connectivity index (χ2v) is 10.1. The van der Waals surface area contributed by atoms with E-state index in [1.165, 1.54) is 72.0 Å². The Labute approximate surface area is 218 Å². The Morgan fingerprint density at radius 3 is 2.08 bits per heavy atom. The van der Waals surface area contributed by atoms with Crippen LogP contribution in [0.15, 0.2) is 134 Å². The lowest BCUT2D eigenvalue weighted by atomic mass is 9.67. The van der Waals surface area contributed by atoms with Gasteiger partial charge in [0.15, 0.2) is 0 Å². The maximum absolute atomic E-state index is 4.28. The van der Waals surface area contributed by atoms with Crippen LogP contribution in [0.25, 0.3) is 38.6 Å². The largest absolute Gasteiger partial charge is 0.0984 e. The van der Waals surface area contributed by atoms with Gasteiger partial charge in [-0.05, 0) is 85.8 Å². The fourth-order valence-electron chi connectivity index (χ4n) is 7.00. The lowest BCUT2D eigenvalue weighted by Gasteiger charge is -2.33. The average molecular weight is 473 g/mol. The number of allylic oxidation sites excluding steroid dienone is 5. The predicted molar refractivity (Wildman–Crippen MR) is 158 cm³/mol. The fraction of sp³-hybridized carbons (Fsp3) is 0.0811. The molecule has 5 aromatic carbocycles. The molecule has 0 saturated heterocycles. The lowest BCUT2D eigenvalue weighted by molar-refractivity contribution is 0.788. The Morgan fingerprint density at radius 2 is 1.30 bits per heavy atom. The van der Waals surface area contributed by atoms with Crippen molar-refractivity contribution in [1.29, 1.82) is 0 Å². The molecule has 0 heteroatoms. The van der Waals surface area contributed by atoms with Crippen molar-refractivity contribution in [3.63, 3.8) is 0 Å². The standard InChI is InChI=1S/C37H28/c1-4-13-32-26(5-2)28-16-8-10-20-33(28)37(32)34-21-11-9-17-29(34)30-18-12-19-31(36(30)37)35-24(3)22-23-25-14-6-7-15-27(25)35/h4-23H,2H2,1,3H3/b13-4-. The maximum Gasteiger partial charge on any atom is 0.0731 e. The first kappa shape index (κ1) is 21.8. The number of aryl methyl sites for hydroxylation is 1. The number of rotatable bonds is 3. The number of fused-ring (bicyclic) bond motifs is 8. The minimum absolute atomic E-state index is 0.404. The number of hydrogen-bond acceptors (Lipinski definition) is 0. The van der Waals surface area contributed by atoms with Gasteiger partial charge in [0.25, 0.3) is 0 Å². The molecule has 0 fully saturated rings. The van der Waals surface area contributed by atoms with Crippen LogP contribution in [0.5, 0.6) is 0 Å². The molecule has 176 valence electrons. The highest BCUT2D eigenvalue weighted by Gasteiger charge is 2.52. The first-order valence-electron chi connectivity index (χ1n) is 13.0. The van der Waals surface area contributed by atoms with Crippen LogP contribution >= 0.6 is 0 Å². The summed E-state index contributed by atoms with van der Waals surface area (Å²) in [6.07, 6.45) is 6.55. The van der Waals surface area contributed by atoms with Crippen molar-refractivity contribution in [1.82, 2.24) is 0 Å². The van der Waals surface area contributed by atoms with Crippen LogP contribution in [0.4, 0.5) is 0 Å². The molecule has 2 aliphatic carbocycles. The molecule has 0 bridgehead atoms. The molecule has 0 N–H and O–H groups in total. The van der Waals surface area contributed by atoms with Gasteiger partial charge < -0.3 is 0 Å². The third-order valence-corrected chi connectivity index (χ3v) is 8.32. The molecule has 1 spiro atoms. The summed E-state index contributed by atoms with van der Waals surface area (Å²) in [7, 11) is 0. The molecule has 5 aromatic rings. The lowest BCUT2D eigenvalue weighted by Crippen LogP contribution is -2.27. The van der Waals surface area contributed by atoms with Crippen molar-refractivity contribution < 1.29 is 0 Å². The van der Waals surface area contributed by atoms with Crippen LogP contribution in [-0.4, -0.2) is 0 Å². The highest BCUT2D eigenvalue weighted by atomic mass is 14.5. The molecular formula is C37H28. The van der Waals surface area contributed by atoms with E-state index in [2.05, 4.69) is 142 Å². The van der Waals surface area contributed by atoms with Crippen LogP contribution in [0.2, 0.25) is 0 Å². The van der Waals surface area contributed by atoms with Gasteiger partial charge in [-0.3, -0.25) is 0 Å². The molecule has 1 atom stereocenters. The monoisotopic (exact) mass is 472 g/mol. The van der Waals surface area contributed by atoms with E-state index in [9.17, 15) is 0 Å². The molecule has 0 saturated carbocycles. The second-order valence-electron chi connectivity index (χ2n) is 10.1. The second kappa shape index (κ2) is 8.05. The van der Waals surface area contributed by atoms with E-state index in [1.807, 2.05) is 0 Å². The zero-order chi connectivity index (χ0) is 25.1. The summed E-state index contributed by atoms with van der Waals surface area (Å²) in [6.45, 7) is 8.65. The first-order chi connectivity index (χ1) is 18.2. The van der Waals surface area contributed by atoms with Crippen LogP contribution in [0.1, 0.15) is 34.7 Å². The van der Waals surface area contributed by atoms with Crippen molar-refractivity contribution in [2.24, 2.45) is 0 Å². The molecule has 0 aromatic heterocycles. The van der Waals surface area contributed by atoms with E-state index in [4.69, 9.17) is 0 Å². The maximum atomic E-state index is 4.28. The summed E-state index contributed by atoms with van der Waals surface area (Å²) in [5, 5.41) is 2.57. The topological polar surface area (TPSA) is 0 Å². The Bertz CT molecular complexity index is 1810. The fourth-order valence-corrected chi connectivity index (χ4v) is 7.00. The van der Waals surface area contributed by atoms with E-state index < -0.39 is 5.41 Å². The van der Waals surface area contributed by atoms with Gasteiger partial charge in [0.05, 0.1) is 5.41 Å². The van der Waals surface area contributed by atoms with Crippen molar-refractivity contribution in [3.8, 4) is 22.3 Å². The summed E-state index contributed by atoms with van der Waals surface area (Å²) in [4.78, 5) is 0. The molecule has 0 radical (unpaired) electrons. The normalized spacial score (nSPS) is 17.5. The van der Waals surface area contributed by atoms with Crippen LogP contribution in [-0.2, 0) is 5.41 Å². The Balaban J connectivity index is 1.72. The Kier molecular flexibility index (Phi) is 4.75. The van der Waals surface area contributed by atoms with E-state index in [-0.39, 0.29) is 0 Å². The summed E-state index contributed by atoms with van der Waals surface area (Å²) in [6, 6.07) is 38.1. The highest BCUT2D eigenvalue weighted by molar-refractivity contribution is 6.05. The van der Waals surface area contributed by atoms with Gasteiger partial charge in [-0.25, -0.2) is 0 Å². The molecule has 0 aliphatic heterocycles. The molecule has 1 unspecified atom stereocenters. The van der Waals surface area contributed by atoms with Crippen LogP contribution in [0.3, 0.4) is 0 Å². The van der Waals surface area contributed by atoms with Gasteiger partial charge in [-0.15, -0.1) is 0 Å². The minimum Gasteiger partial charge on any atom is -0.0984 e. The quantitative estimate of drug-likeness (QED) is 0.245.